The van der Waals surface area contributed by atoms with Crippen molar-refractivity contribution in [2.45, 2.75) is 43.0 Å². The molecule has 0 aromatic heterocycles. The highest BCUT2D eigenvalue weighted by Crippen LogP contribution is 2.17. The molecule has 0 aliphatic heterocycles. The SMILES string of the molecule is N[C@@H](CCC(=O)N[C@@H](CSC(CC(=O)O)C(=O)O)C(=O)NCCC(=O)O)C(=O)O. The Bertz CT molecular complexity index is 642. The largest absolute Gasteiger partial charge is 0.481 e. The van der Waals surface area contributed by atoms with Crippen molar-refractivity contribution >= 4 is 47.5 Å². The van der Waals surface area contributed by atoms with E-state index in [9.17, 15) is 28.8 Å². The number of amides is 2. The molecule has 0 rings (SSSR count). The van der Waals surface area contributed by atoms with E-state index in [1.54, 1.807) is 0 Å². The van der Waals surface area contributed by atoms with E-state index in [0.29, 0.717) is 11.8 Å². The van der Waals surface area contributed by atoms with Crippen LogP contribution in [0.25, 0.3) is 0 Å². The molecule has 14 heteroatoms. The molecule has 1 unspecified atom stereocenters. The molecule has 3 atom stereocenters. The summed E-state index contributed by atoms with van der Waals surface area (Å²) in [5, 5.41) is 38.3. The molecule has 0 saturated carbocycles. The maximum absolute atomic E-state index is 12.2. The molecule has 29 heavy (non-hydrogen) atoms. The standard InChI is InChI=1S/C15H23N3O10S/c16-7(14(25)26)1-2-10(19)18-8(13(24)17-4-3-11(20)21)6-29-9(15(27)28)5-12(22)23/h7-9H,1-6,16H2,(H,17,24)(H,18,19)(H,20,21)(H,22,23)(H,25,26)(H,27,28)/t7-,8-,9?/m0/s1. The third kappa shape index (κ3) is 12.2. The lowest BCUT2D eigenvalue weighted by molar-refractivity contribution is -0.142. The topological polar surface area (TPSA) is 233 Å². The number of hydrogen-bond donors (Lipinski definition) is 7. The minimum atomic E-state index is -1.42. The second-order valence-electron chi connectivity index (χ2n) is 5.80. The van der Waals surface area contributed by atoms with Gasteiger partial charge in [-0.3, -0.25) is 28.8 Å². The summed E-state index contributed by atoms with van der Waals surface area (Å²) in [4.78, 5) is 67.2. The van der Waals surface area contributed by atoms with Crippen molar-refractivity contribution < 1.29 is 49.2 Å². The number of carboxylic acid groups (broad SMARTS) is 4. The fourth-order valence-corrected chi connectivity index (χ4v) is 2.93. The quantitative estimate of drug-likeness (QED) is 0.146. The summed E-state index contributed by atoms with van der Waals surface area (Å²) >= 11 is 0.614. The third-order valence-corrected chi connectivity index (χ3v) is 4.69. The molecule has 0 fully saturated rings. The number of nitrogens with one attached hydrogen (secondary N) is 2. The van der Waals surface area contributed by atoms with Gasteiger partial charge in [0.05, 0.1) is 12.8 Å². The van der Waals surface area contributed by atoms with Gasteiger partial charge in [0, 0.05) is 18.7 Å². The summed E-state index contributed by atoms with van der Waals surface area (Å²) in [6.45, 7) is -0.243. The summed E-state index contributed by atoms with van der Waals surface area (Å²) in [6, 6.07) is -2.58. The number of nitrogens with two attached hydrogens (primary N) is 1. The molecule has 0 saturated heterocycles. The van der Waals surface area contributed by atoms with E-state index >= 15 is 0 Å². The highest BCUT2D eigenvalue weighted by atomic mass is 32.2. The van der Waals surface area contributed by atoms with Crippen LogP contribution in [0.15, 0.2) is 0 Å². The molecular weight excluding hydrogens is 414 g/mol. The first kappa shape index (κ1) is 26.1. The van der Waals surface area contributed by atoms with E-state index in [2.05, 4.69) is 10.6 Å². The highest BCUT2D eigenvalue weighted by molar-refractivity contribution is 8.00. The van der Waals surface area contributed by atoms with Crippen molar-refractivity contribution in [1.29, 1.82) is 0 Å². The summed E-state index contributed by atoms with van der Waals surface area (Å²) in [7, 11) is 0. The second kappa shape index (κ2) is 13.3. The number of carboxylic acids is 4. The second-order valence-corrected chi connectivity index (χ2v) is 7.03. The van der Waals surface area contributed by atoms with Crippen LogP contribution in [0, 0.1) is 0 Å². The van der Waals surface area contributed by atoms with E-state index in [1.807, 2.05) is 0 Å². The average Bonchev–Trinajstić information content (AvgIpc) is 2.60. The average molecular weight is 437 g/mol. The van der Waals surface area contributed by atoms with Gasteiger partial charge in [0.25, 0.3) is 0 Å². The summed E-state index contributed by atoms with van der Waals surface area (Å²) < 4.78 is 0. The van der Waals surface area contributed by atoms with E-state index < -0.39 is 59.4 Å². The molecule has 8 N–H and O–H groups in total. The van der Waals surface area contributed by atoms with E-state index in [-0.39, 0.29) is 31.6 Å². The molecule has 13 nitrogen and oxygen atoms in total. The molecule has 0 aliphatic carbocycles. The number of rotatable bonds is 15. The van der Waals surface area contributed by atoms with Crippen LogP contribution in [0.5, 0.6) is 0 Å². The summed E-state index contributed by atoms with van der Waals surface area (Å²) in [5.41, 5.74) is 5.29. The van der Waals surface area contributed by atoms with Crippen molar-refractivity contribution in [3.8, 4) is 0 Å². The Balaban J connectivity index is 4.98. The van der Waals surface area contributed by atoms with Crippen LogP contribution in [0.2, 0.25) is 0 Å². The zero-order valence-electron chi connectivity index (χ0n) is 15.2. The summed E-state index contributed by atoms with van der Waals surface area (Å²) in [6.07, 6.45) is -1.63. The Morgan fingerprint density at radius 1 is 0.897 bits per heavy atom. The number of aliphatic carboxylic acids is 4. The lowest BCUT2D eigenvalue weighted by atomic mass is 10.1. The molecule has 0 radical (unpaired) electrons. The molecule has 2 amide bonds. The van der Waals surface area contributed by atoms with Crippen LogP contribution < -0.4 is 16.4 Å². The number of carbonyl (C=O) groups excluding carboxylic acids is 2. The molecule has 0 spiro atoms. The molecule has 0 bridgehead atoms. The predicted octanol–water partition coefficient (Wildman–Crippen LogP) is -2.08. The maximum atomic E-state index is 12.2. The van der Waals surface area contributed by atoms with Gasteiger partial charge in [-0.25, -0.2) is 0 Å². The van der Waals surface area contributed by atoms with Gasteiger partial charge < -0.3 is 36.8 Å². The molecule has 0 aromatic carbocycles. The van der Waals surface area contributed by atoms with Crippen molar-refractivity contribution in [1.82, 2.24) is 10.6 Å². The minimum Gasteiger partial charge on any atom is -0.481 e. The third-order valence-electron chi connectivity index (χ3n) is 3.39. The van der Waals surface area contributed by atoms with Gasteiger partial charge in [-0.15, -0.1) is 11.8 Å². The van der Waals surface area contributed by atoms with Crippen molar-refractivity contribution in [2.75, 3.05) is 12.3 Å². The van der Waals surface area contributed by atoms with Crippen LogP contribution in [0.1, 0.15) is 25.7 Å². The van der Waals surface area contributed by atoms with E-state index in [4.69, 9.17) is 26.2 Å². The van der Waals surface area contributed by atoms with E-state index in [0.717, 1.165) is 0 Å². The Kier molecular flexibility index (Phi) is 12.0. The fourth-order valence-electron chi connectivity index (χ4n) is 1.86. The fraction of sp³-hybridized carbons (Fsp3) is 0.600. The van der Waals surface area contributed by atoms with Crippen LogP contribution in [-0.4, -0.2) is 85.7 Å². The first-order valence-electron chi connectivity index (χ1n) is 8.27. The molecule has 0 heterocycles. The van der Waals surface area contributed by atoms with Crippen LogP contribution in [-0.2, 0) is 28.8 Å². The normalized spacial score (nSPS) is 13.6. The Morgan fingerprint density at radius 2 is 1.52 bits per heavy atom. The number of thioether (sulfide) groups is 1. The van der Waals surface area contributed by atoms with Crippen molar-refractivity contribution in [3.63, 3.8) is 0 Å². The van der Waals surface area contributed by atoms with Gasteiger partial charge in [-0.1, -0.05) is 0 Å². The molecular formula is C15H23N3O10S. The van der Waals surface area contributed by atoms with Gasteiger partial charge in [-0.05, 0) is 6.42 Å². The van der Waals surface area contributed by atoms with Crippen molar-refractivity contribution in [3.05, 3.63) is 0 Å². The Hall–Kier alpha value is -2.87. The Morgan fingerprint density at radius 3 is 2.00 bits per heavy atom. The van der Waals surface area contributed by atoms with Crippen molar-refractivity contribution in [2.24, 2.45) is 5.73 Å². The zero-order valence-corrected chi connectivity index (χ0v) is 16.0. The minimum absolute atomic E-state index is 0.210. The van der Waals surface area contributed by atoms with Gasteiger partial charge in [0.15, 0.2) is 0 Å². The monoisotopic (exact) mass is 437 g/mol. The molecule has 164 valence electrons. The molecule has 0 aliphatic rings. The first-order valence-corrected chi connectivity index (χ1v) is 9.32. The van der Waals surface area contributed by atoms with Gasteiger partial charge in [0.2, 0.25) is 11.8 Å². The van der Waals surface area contributed by atoms with Gasteiger partial charge in [0.1, 0.15) is 17.3 Å². The maximum Gasteiger partial charge on any atom is 0.320 e. The lowest BCUT2D eigenvalue weighted by Gasteiger charge is -2.20. The lowest BCUT2D eigenvalue weighted by Crippen LogP contribution is -2.49. The van der Waals surface area contributed by atoms with Gasteiger partial charge in [-0.2, -0.15) is 0 Å². The van der Waals surface area contributed by atoms with Crippen LogP contribution in [0.4, 0.5) is 0 Å². The van der Waals surface area contributed by atoms with Gasteiger partial charge >= 0.3 is 23.9 Å². The van der Waals surface area contributed by atoms with Crippen LogP contribution in [0.3, 0.4) is 0 Å². The highest BCUT2D eigenvalue weighted by Gasteiger charge is 2.27. The van der Waals surface area contributed by atoms with E-state index in [1.165, 1.54) is 0 Å². The number of carbonyl (C=O) groups is 6. The zero-order chi connectivity index (χ0) is 22.6. The summed E-state index contributed by atoms with van der Waals surface area (Å²) in [5.74, 6) is -7.09. The number of hydrogen-bond acceptors (Lipinski definition) is 8. The Labute approximate surface area is 169 Å². The predicted molar refractivity (Wildman–Crippen MR) is 98.2 cm³/mol. The first-order chi connectivity index (χ1) is 13.4. The van der Waals surface area contributed by atoms with Crippen LogP contribution >= 0.6 is 11.8 Å². The smallest absolute Gasteiger partial charge is 0.320 e. The molecule has 0 aromatic rings.